The minimum absolute atomic E-state index is 0. The monoisotopic (exact) mass is 679 g/mol. The summed E-state index contributed by atoms with van der Waals surface area (Å²) in [6, 6.07) is 34.5. The summed E-state index contributed by atoms with van der Waals surface area (Å²) in [5.41, 5.74) is 2.85. The Morgan fingerprint density at radius 2 is 1.05 bits per heavy atom. The Morgan fingerprint density at radius 3 is 1.47 bits per heavy atom. The third-order valence-corrected chi connectivity index (χ3v) is 6.89. The minimum atomic E-state index is -1.42. The van der Waals surface area contributed by atoms with E-state index in [0.717, 1.165) is 0 Å². The van der Waals surface area contributed by atoms with Gasteiger partial charge in [0.15, 0.2) is 0 Å². The minimum Gasteiger partial charge on any atom is -0.265 e. The van der Waals surface area contributed by atoms with Gasteiger partial charge in [-0.1, -0.05) is 24.3 Å². The maximum Gasteiger partial charge on any atom is 2.00 e. The van der Waals surface area contributed by atoms with Crippen LogP contribution in [0.5, 0.6) is 0 Å². The van der Waals surface area contributed by atoms with Gasteiger partial charge in [0.25, 0.3) is 0 Å². The molecule has 38 heavy (non-hydrogen) atoms. The summed E-state index contributed by atoms with van der Waals surface area (Å²) in [6.07, 6.45) is 3.56. The van der Waals surface area contributed by atoms with Crippen molar-refractivity contribution in [3.05, 3.63) is 156 Å². The van der Waals surface area contributed by atoms with Crippen LogP contribution in [0.1, 0.15) is 22.5 Å². The summed E-state index contributed by atoms with van der Waals surface area (Å²) in [4.78, 5) is 0. The Labute approximate surface area is 232 Å². The summed E-state index contributed by atoms with van der Waals surface area (Å²) in [7, 11) is 0. The summed E-state index contributed by atoms with van der Waals surface area (Å²) < 4.78 is 35.1. The van der Waals surface area contributed by atoms with Crippen molar-refractivity contribution < 1.29 is 29.8 Å². The maximum absolute atomic E-state index is 15.9. The van der Waals surface area contributed by atoms with Crippen LogP contribution in [0.3, 0.4) is 0 Å². The van der Waals surface area contributed by atoms with Gasteiger partial charge < -0.3 is 0 Å². The molecule has 0 N–H and O–H groups in total. The molecule has 1 aliphatic rings. The number of rotatable bonds is 4. The molecule has 4 aromatic carbocycles. The van der Waals surface area contributed by atoms with Crippen LogP contribution in [0.2, 0.25) is 0 Å². The van der Waals surface area contributed by atoms with Crippen LogP contribution in [0.4, 0.5) is 8.78 Å². The Bertz CT molecular complexity index is 1630. The fourth-order valence-corrected chi connectivity index (χ4v) is 5.40. The molecule has 2 heterocycles. The molecule has 0 unspecified atom stereocenters. The smallest absolute Gasteiger partial charge is 0.265 e. The van der Waals surface area contributed by atoms with Gasteiger partial charge in [-0.3, -0.25) is 9.36 Å². The molecule has 0 fully saturated rings. The Morgan fingerprint density at radius 1 is 0.579 bits per heavy atom. The number of fused-ring (bicyclic) bond motifs is 3. The Kier molecular flexibility index (Phi) is 5.92. The van der Waals surface area contributed by atoms with Gasteiger partial charge in [-0.2, -0.15) is 58.7 Å². The fraction of sp³-hybridized carbons (Fsp3) is 0.0323. The molecule has 0 saturated carbocycles. The number of benzene rings is 4. The topological polar surface area (TPSA) is 35.6 Å². The second-order valence-corrected chi connectivity index (χ2v) is 8.86. The molecule has 7 heteroatoms. The number of nitrogens with zero attached hydrogens (tertiary/aromatic N) is 4. The second kappa shape index (κ2) is 9.30. The first-order valence-corrected chi connectivity index (χ1v) is 11.8. The molecule has 4 nitrogen and oxygen atoms in total. The average molecular weight is 680 g/mol. The third kappa shape index (κ3) is 3.44. The zero-order chi connectivity index (χ0) is 25.0. The summed E-state index contributed by atoms with van der Waals surface area (Å²) in [5.74, 6) is -0.899. The molecular formula is C31H18F2N4Pt. The molecule has 0 spiro atoms. The number of hydrogen-bond acceptors (Lipinski definition) is 2. The molecule has 0 bridgehead atoms. The van der Waals surface area contributed by atoms with Crippen LogP contribution < -0.4 is 0 Å². The first kappa shape index (κ1) is 24.2. The molecule has 2 aromatic heterocycles. The van der Waals surface area contributed by atoms with Gasteiger partial charge in [0.2, 0.25) is 0 Å². The quantitative estimate of drug-likeness (QED) is 0.205. The molecule has 186 valence electrons. The molecule has 0 radical (unpaired) electrons. The van der Waals surface area contributed by atoms with E-state index in [-0.39, 0.29) is 21.1 Å². The van der Waals surface area contributed by atoms with Crippen molar-refractivity contribution in [3.63, 3.8) is 0 Å². The SMILES string of the molecule is Fc1cccc2c1C(c1ccn(-c3[c-]cccc3)n1)(c1ccn(-c3[c-]cccc3)n1)c1c(F)cccc1-2.[Pt+2]. The number of hydrogen-bond donors (Lipinski definition) is 0. The summed E-state index contributed by atoms with van der Waals surface area (Å²) in [5, 5.41) is 9.74. The molecule has 1 aliphatic carbocycles. The Hall–Kier alpha value is -4.15. The predicted molar refractivity (Wildman–Crippen MR) is 136 cm³/mol. The van der Waals surface area contributed by atoms with Crippen molar-refractivity contribution in [2.24, 2.45) is 0 Å². The standard InChI is InChI=1S/C31H18F2N4.Pt/c32-25-15-7-13-23-24-14-8-16-26(33)30(24)31(29(23)25,27-17-19-36(34-27)21-9-3-1-4-10-21)28-18-20-37(35-28)22-11-5-2-6-12-22;/h1-9,11,13-20H;/q-2;+2. The number of para-hydroxylation sites is 2. The summed E-state index contributed by atoms with van der Waals surface area (Å²) in [6.45, 7) is 0. The molecule has 0 atom stereocenters. The first-order chi connectivity index (χ1) is 18.2. The third-order valence-electron chi connectivity index (χ3n) is 6.89. The van der Waals surface area contributed by atoms with Gasteiger partial charge in [-0.25, -0.2) is 8.78 Å². The second-order valence-electron chi connectivity index (χ2n) is 8.86. The van der Waals surface area contributed by atoms with Crippen molar-refractivity contribution >= 4 is 0 Å². The average Bonchev–Trinajstić information content (AvgIpc) is 3.68. The zero-order valence-electron chi connectivity index (χ0n) is 19.8. The summed E-state index contributed by atoms with van der Waals surface area (Å²) >= 11 is 0. The normalized spacial score (nSPS) is 13.0. The fourth-order valence-electron chi connectivity index (χ4n) is 5.40. The molecule has 0 aliphatic heterocycles. The molecule has 0 amide bonds. The van der Waals surface area contributed by atoms with E-state index in [1.165, 1.54) is 12.1 Å². The van der Waals surface area contributed by atoms with E-state index in [9.17, 15) is 0 Å². The van der Waals surface area contributed by atoms with Crippen LogP contribution in [0.15, 0.2) is 109 Å². The maximum atomic E-state index is 15.9. The van der Waals surface area contributed by atoms with Crippen LogP contribution in [-0.2, 0) is 26.5 Å². The van der Waals surface area contributed by atoms with Crippen molar-refractivity contribution in [1.29, 1.82) is 0 Å². The van der Waals surface area contributed by atoms with Gasteiger partial charge in [-0.15, -0.1) is 12.1 Å². The van der Waals surface area contributed by atoms with Crippen molar-refractivity contribution in [2.45, 2.75) is 5.41 Å². The largest absolute Gasteiger partial charge is 2.00 e. The van der Waals surface area contributed by atoms with E-state index < -0.39 is 17.0 Å². The van der Waals surface area contributed by atoms with E-state index in [0.29, 0.717) is 45.0 Å². The van der Waals surface area contributed by atoms with Gasteiger partial charge in [0.1, 0.15) is 17.0 Å². The van der Waals surface area contributed by atoms with Crippen molar-refractivity contribution in [2.75, 3.05) is 0 Å². The first-order valence-electron chi connectivity index (χ1n) is 11.8. The van der Waals surface area contributed by atoms with Crippen LogP contribution in [0.25, 0.3) is 22.5 Å². The van der Waals surface area contributed by atoms with E-state index in [4.69, 9.17) is 10.2 Å². The van der Waals surface area contributed by atoms with E-state index in [2.05, 4.69) is 12.1 Å². The van der Waals surface area contributed by atoms with Gasteiger partial charge in [0, 0.05) is 23.5 Å². The van der Waals surface area contributed by atoms with Crippen LogP contribution in [-0.4, -0.2) is 19.6 Å². The molecule has 7 rings (SSSR count). The predicted octanol–water partition coefficient (Wildman–Crippen LogP) is 6.30. The van der Waals surface area contributed by atoms with Gasteiger partial charge in [0.05, 0.1) is 11.4 Å². The van der Waals surface area contributed by atoms with E-state index in [1.807, 2.05) is 48.5 Å². The van der Waals surface area contributed by atoms with Crippen LogP contribution >= 0.6 is 0 Å². The Balaban J connectivity index is 0.00000264. The van der Waals surface area contributed by atoms with Crippen LogP contribution in [0, 0.1) is 23.8 Å². The zero-order valence-corrected chi connectivity index (χ0v) is 22.0. The van der Waals surface area contributed by atoms with Crippen molar-refractivity contribution in [3.8, 4) is 22.5 Å². The van der Waals surface area contributed by atoms with Crippen molar-refractivity contribution in [1.82, 2.24) is 19.6 Å². The van der Waals surface area contributed by atoms with E-state index >= 15 is 8.78 Å². The van der Waals surface area contributed by atoms with Gasteiger partial charge in [-0.05, 0) is 46.8 Å². The molecule has 6 aromatic rings. The number of halogens is 2. The molecule has 0 saturated heterocycles. The molecular weight excluding hydrogens is 661 g/mol. The van der Waals surface area contributed by atoms with Gasteiger partial charge >= 0.3 is 21.1 Å². The van der Waals surface area contributed by atoms with E-state index in [1.54, 1.807) is 58.2 Å². The number of aromatic nitrogens is 4.